The molecule has 0 radical (unpaired) electrons. The third-order valence-corrected chi connectivity index (χ3v) is 5.13. The quantitative estimate of drug-likeness (QED) is 0.228. The molecule has 0 heterocycles. The summed E-state index contributed by atoms with van der Waals surface area (Å²) in [5.74, 6) is 0. The van der Waals surface area contributed by atoms with Gasteiger partial charge >= 0.3 is 0 Å². The molecular formula is C14H10N6O6S2. The van der Waals surface area contributed by atoms with Crippen LogP contribution in [0.4, 0.5) is 11.4 Å². The molecule has 0 atom stereocenters. The second-order valence-corrected chi connectivity index (χ2v) is 7.89. The minimum absolute atomic E-state index is 0.0419. The van der Waals surface area contributed by atoms with Crippen molar-refractivity contribution in [1.82, 2.24) is 0 Å². The Bertz CT molecular complexity index is 1170. The summed E-state index contributed by atoms with van der Waals surface area (Å²) in [6.07, 6.45) is 2.33. The Morgan fingerprint density at radius 2 is 1.11 bits per heavy atom. The monoisotopic (exact) mass is 422 g/mol. The fraction of sp³-hybridized carbons (Fsp3) is 0. The molecular weight excluding hydrogens is 412 g/mol. The summed E-state index contributed by atoms with van der Waals surface area (Å²) < 4.78 is 65.0. The lowest BCUT2D eigenvalue weighted by molar-refractivity contribution is 0.480. The molecule has 0 aliphatic heterocycles. The lowest BCUT2D eigenvalue weighted by Crippen LogP contribution is -2.01. The predicted octanol–water partition coefficient (Wildman–Crippen LogP) is 4.23. The highest BCUT2D eigenvalue weighted by Crippen LogP contribution is 2.27. The zero-order valence-electron chi connectivity index (χ0n) is 13.6. The summed E-state index contributed by atoms with van der Waals surface area (Å²) in [6, 6.07) is 6.88. The van der Waals surface area contributed by atoms with Crippen LogP contribution >= 0.6 is 0 Å². The predicted molar refractivity (Wildman–Crippen MR) is 99.1 cm³/mol. The van der Waals surface area contributed by atoms with Gasteiger partial charge in [0.1, 0.15) is 9.79 Å². The van der Waals surface area contributed by atoms with Crippen molar-refractivity contribution >= 4 is 43.8 Å². The van der Waals surface area contributed by atoms with Gasteiger partial charge in [0.15, 0.2) is 0 Å². The third kappa shape index (κ3) is 5.08. The first-order valence-corrected chi connectivity index (χ1v) is 9.95. The SMILES string of the molecule is [N-]=[N+]=Nc1ccc(C=Cc2ccc(N=[N+]=[N-])cc2S(=O)(=O)O)c(S(=O)(=O)O)c1. The van der Waals surface area contributed by atoms with Crippen LogP contribution in [-0.2, 0) is 20.2 Å². The van der Waals surface area contributed by atoms with Gasteiger partial charge in [0, 0.05) is 21.2 Å². The van der Waals surface area contributed by atoms with Crippen LogP contribution in [0.1, 0.15) is 11.1 Å². The van der Waals surface area contributed by atoms with Gasteiger partial charge in [-0.2, -0.15) is 16.8 Å². The van der Waals surface area contributed by atoms with Crippen LogP contribution in [0.3, 0.4) is 0 Å². The lowest BCUT2D eigenvalue weighted by atomic mass is 10.1. The van der Waals surface area contributed by atoms with E-state index < -0.39 is 30.0 Å². The van der Waals surface area contributed by atoms with Gasteiger partial charge in [0.25, 0.3) is 20.2 Å². The smallest absolute Gasteiger partial charge is 0.282 e. The van der Waals surface area contributed by atoms with E-state index in [-0.39, 0.29) is 22.5 Å². The number of nitrogens with zero attached hydrogens (tertiary/aromatic N) is 6. The third-order valence-electron chi connectivity index (χ3n) is 3.31. The van der Waals surface area contributed by atoms with Gasteiger partial charge in [-0.25, -0.2) is 0 Å². The minimum atomic E-state index is -4.69. The molecule has 28 heavy (non-hydrogen) atoms. The summed E-state index contributed by atoms with van der Waals surface area (Å²) >= 11 is 0. The second-order valence-electron chi connectivity index (χ2n) is 5.11. The van der Waals surface area contributed by atoms with Crippen LogP contribution in [-0.4, -0.2) is 25.9 Å². The van der Waals surface area contributed by atoms with E-state index in [9.17, 15) is 25.9 Å². The number of benzene rings is 2. The Morgan fingerprint density at radius 3 is 1.39 bits per heavy atom. The largest absolute Gasteiger partial charge is 0.295 e. The average molecular weight is 422 g/mol. The Morgan fingerprint density at radius 1 is 0.750 bits per heavy atom. The molecule has 0 bridgehead atoms. The Balaban J connectivity index is 2.63. The minimum Gasteiger partial charge on any atom is -0.282 e. The zero-order chi connectivity index (χ0) is 20.9. The van der Waals surface area contributed by atoms with Crippen LogP contribution < -0.4 is 0 Å². The first kappa shape index (κ1) is 20.9. The molecule has 0 fully saturated rings. The molecule has 2 aromatic rings. The maximum Gasteiger partial charge on any atom is 0.295 e. The van der Waals surface area contributed by atoms with Crippen LogP contribution in [0.25, 0.3) is 33.0 Å². The summed E-state index contributed by atoms with van der Waals surface area (Å²) in [5, 5.41) is 6.49. The van der Waals surface area contributed by atoms with Crippen molar-refractivity contribution in [2.75, 3.05) is 0 Å². The Kier molecular flexibility index (Phi) is 6.06. The van der Waals surface area contributed by atoms with Gasteiger partial charge in [-0.3, -0.25) is 9.11 Å². The summed E-state index contributed by atoms with van der Waals surface area (Å²) in [7, 11) is -9.38. The number of hydrogen-bond acceptors (Lipinski definition) is 6. The highest BCUT2D eigenvalue weighted by atomic mass is 32.2. The molecule has 2 N–H and O–H groups in total. The lowest BCUT2D eigenvalue weighted by Gasteiger charge is -2.06. The molecule has 0 amide bonds. The van der Waals surface area contributed by atoms with Crippen molar-refractivity contribution < 1.29 is 25.9 Å². The van der Waals surface area contributed by atoms with Crippen molar-refractivity contribution in [1.29, 1.82) is 0 Å². The molecule has 144 valence electrons. The van der Waals surface area contributed by atoms with Crippen LogP contribution in [0, 0.1) is 0 Å². The van der Waals surface area contributed by atoms with Gasteiger partial charge in [0.05, 0.1) is 0 Å². The molecule has 0 aliphatic rings. The maximum absolute atomic E-state index is 11.6. The van der Waals surface area contributed by atoms with E-state index >= 15 is 0 Å². The molecule has 0 aromatic heterocycles. The van der Waals surface area contributed by atoms with E-state index in [1.165, 1.54) is 36.4 Å². The van der Waals surface area contributed by atoms with E-state index in [0.717, 1.165) is 12.1 Å². The molecule has 2 aromatic carbocycles. The fourth-order valence-electron chi connectivity index (χ4n) is 2.18. The van der Waals surface area contributed by atoms with Crippen LogP contribution in [0.2, 0.25) is 0 Å². The van der Waals surface area contributed by atoms with E-state index in [2.05, 4.69) is 20.1 Å². The number of hydrogen-bond donors (Lipinski definition) is 2. The fourth-order valence-corrected chi connectivity index (χ4v) is 3.58. The highest BCUT2D eigenvalue weighted by Gasteiger charge is 2.17. The van der Waals surface area contributed by atoms with Gasteiger partial charge in [-0.1, -0.05) is 46.6 Å². The molecule has 12 nitrogen and oxygen atoms in total. The summed E-state index contributed by atoms with van der Waals surface area (Å²) in [4.78, 5) is 3.88. The molecule has 0 saturated heterocycles. The average Bonchev–Trinajstić information content (AvgIpc) is 2.60. The molecule has 0 spiro atoms. The number of azide groups is 2. The van der Waals surface area contributed by atoms with E-state index in [1.807, 2.05) is 0 Å². The van der Waals surface area contributed by atoms with E-state index in [1.54, 1.807) is 0 Å². The van der Waals surface area contributed by atoms with Crippen LogP contribution in [0.15, 0.2) is 56.4 Å². The second kappa shape index (κ2) is 8.10. The highest BCUT2D eigenvalue weighted by molar-refractivity contribution is 7.86. The number of rotatable bonds is 6. The van der Waals surface area contributed by atoms with Gasteiger partial charge in [-0.05, 0) is 34.3 Å². The Labute approximate surface area is 158 Å². The van der Waals surface area contributed by atoms with Crippen molar-refractivity contribution in [2.24, 2.45) is 10.2 Å². The maximum atomic E-state index is 11.6. The van der Waals surface area contributed by atoms with Crippen molar-refractivity contribution in [2.45, 2.75) is 9.79 Å². The normalized spacial score (nSPS) is 11.6. The van der Waals surface area contributed by atoms with Gasteiger partial charge in [-0.15, -0.1) is 0 Å². The molecule has 0 unspecified atom stereocenters. The summed E-state index contributed by atoms with van der Waals surface area (Å²) in [5.41, 5.74) is 16.6. The van der Waals surface area contributed by atoms with Crippen molar-refractivity contribution in [3.63, 3.8) is 0 Å². The molecule has 2 rings (SSSR count). The first-order valence-electron chi connectivity index (χ1n) is 7.07. The van der Waals surface area contributed by atoms with Crippen molar-refractivity contribution in [3.8, 4) is 0 Å². The van der Waals surface area contributed by atoms with Gasteiger partial charge < -0.3 is 0 Å². The molecule has 14 heteroatoms. The van der Waals surface area contributed by atoms with E-state index in [0.29, 0.717) is 0 Å². The van der Waals surface area contributed by atoms with E-state index in [4.69, 9.17) is 11.1 Å². The first-order chi connectivity index (χ1) is 13.1. The Hall–Kier alpha value is -3.38. The molecule has 0 saturated carbocycles. The zero-order valence-corrected chi connectivity index (χ0v) is 15.3. The topological polar surface area (TPSA) is 206 Å². The summed E-state index contributed by atoms with van der Waals surface area (Å²) in [6.45, 7) is 0. The van der Waals surface area contributed by atoms with Crippen LogP contribution in [0.5, 0.6) is 0 Å². The van der Waals surface area contributed by atoms with Gasteiger partial charge in [0.2, 0.25) is 0 Å². The van der Waals surface area contributed by atoms with Crippen molar-refractivity contribution in [3.05, 3.63) is 68.4 Å². The molecule has 0 aliphatic carbocycles. The standard InChI is InChI=1S/C14H10N6O6S2/c15-19-17-11-5-3-9(13(7-11)27(21,22)23)1-2-10-4-6-12(18-20-16)8-14(10)28(24,25)26/h1-8H,(H,21,22,23)(H,24,25,26).